The van der Waals surface area contributed by atoms with Crippen molar-refractivity contribution in [2.24, 2.45) is 35.5 Å². The van der Waals surface area contributed by atoms with Crippen molar-refractivity contribution in [1.29, 1.82) is 0 Å². The van der Waals surface area contributed by atoms with E-state index < -0.39 is 0 Å². The first-order valence-electron chi connectivity index (χ1n) is 13.8. The van der Waals surface area contributed by atoms with E-state index in [1.807, 2.05) is 0 Å². The Hall–Kier alpha value is 0. The van der Waals surface area contributed by atoms with Crippen molar-refractivity contribution in [2.75, 3.05) is 0 Å². The van der Waals surface area contributed by atoms with E-state index in [1.54, 1.807) is 70.6 Å². The molecule has 0 amide bonds. The van der Waals surface area contributed by atoms with Crippen molar-refractivity contribution >= 4 is 0 Å². The van der Waals surface area contributed by atoms with Gasteiger partial charge < -0.3 is 0 Å². The molecule has 0 aromatic heterocycles. The smallest absolute Gasteiger partial charge is 0.0380 e. The Morgan fingerprint density at radius 2 is 1.11 bits per heavy atom. The van der Waals surface area contributed by atoms with Crippen molar-refractivity contribution in [3.05, 3.63) is 0 Å². The highest BCUT2D eigenvalue weighted by molar-refractivity contribution is 4.86. The SMILES string of the molecule is CCCCCC1CCC2CCCCCCCC(C3CCC(CC)CC3)CC2C1. The first-order valence-corrected chi connectivity index (χ1v) is 13.8. The van der Waals surface area contributed by atoms with E-state index in [0.717, 1.165) is 35.5 Å². The van der Waals surface area contributed by atoms with Crippen molar-refractivity contribution in [3.8, 4) is 0 Å². The van der Waals surface area contributed by atoms with Crippen molar-refractivity contribution in [3.63, 3.8) is 0 Å². The fraction of sp³-hybridized carbons (Fsp3) is 1.00. The van der Waals surface area contributed by atoms with Crippen LogP contribution in [0.3, 0.4) is 0 Å². The van der Waals surface area contributed by atoms with Gasteiger partial charge in [0, 0.05) is 0 Å². The van der Waals surface area contributed by atoms with E-state index in [4.69, 9.17) is 0 Å². The molecule has 164 valence electrons. The third-order valence-corrected chi connectivity index (χ3v) is 9.36. The first-order chi connectivity index (χ1) is 13.8. The van der Waals surface area contributed by atoms with Gasteiger partial charge in [0.2, 0.25) is 0 Å². The number of hydrogen-bond donors (Lipinski definition) is 0. The van der Waals surface area contributed by atoms with Crippen LogP contribution in [0.4, 0.5) is 0 Å². The highest BCUT2D eigenvalue weighted by Gasteiger charge is 2.34. The lowest BCUT2D eigenvalue weighted by Crippen LogP contribution is -2.30. The summed E-state index contributed by atoms with van der Waals surface area (Å²) in [6.45, 7) is 4.78. The molecule has 0 N–H and O–H groups in total. The second kappa shape index (κ2) is 12.6. The quantitative estimate of drug-likeness (QED) is 0.397. The van der Waals surface area contributed by atoms with Gasteiger partial charge >= 0.3 is 0 Å². The van der Waals surface area contributed by atoms with E-state index in [1.165, 1.54) is 57.8 Å². The molecule has 0 aromatic rings. The molecule has 0 saturated heterocycles. The highest BCUT2D eigenvalue weighted by Crippen LogP contribution is 2.46. The summed E-state index contributed by atoms with van der Waals surface area (Å²) in [6, 6.07) is 0. The molecule has 0 heteroatoms. The van der Waals surface area contributed by atoms with Gasteiger partial charge in [-0.3, -0.25) is 0 Å². The average molecular weight is 389 g/mol. The fourth-order valence-corrected chi connectivity index (χ4v) is 7.38. The average Bonchev–Trinajstić information content (AvgIpc) is 2.78. The van der Waals surface area contributed by atoms with Gasteiger partial charge in [-0.1, -0.05) is 110 Å². The maximum Gasteiger partial charge on any atom is -0.0380 e. The minimum atomic E-state index is 1.06. The molecular formula is C28H52. The predicted octanol–water partition coefficient (Wildman–Crippen LogP) is 9.57. The highest BCUT2D eigenvalue weighted by atomic mass is 14.4. The van der Waals surface area contributed by atoms with Gasteiger partial charge in [0.1, 0.15) is 0 Å². The summed E-state index contributed by atoms with van der Waals surface area (Å²) in [7, 11) is 0. The lowest BCUT2D eigenvalue weighted by molar-refractivity contribution is 0.0996. The summed E-state index contributed by atoms with van der Waals surface area (Å²) in [6.07, 6.45) is 30.7. The third-order valence-electron chi connectivity index (χ3n) is 9.36. The molecule has 0 nitrogen and oxygen atoms in total. The van der Waals surface area contributed by atoms with Gasteiger partial charge in [0.15, 0.2) is 0 Å². The Kier molecular flexibility index (Phi) is 10.2. The molecule has 0 aromatic carbocycles. The van der Waals surface area contributed by atoms with Crippen molar-refractivity contribution in [2.45, 2.75) is 142 Å². The summed E-state index contributed by atoms with van der Waals surface area (Å²) in [5, 5.41) is 0. The summed E-state index contributed by atoms with van der Waals surface area (Å²) in [4.78, 5) is 0. The van der Waals surface area contributed by atoms with E-state index in [0.29, 0.717) is 0 Å². The van der Waals surface area contributed by atoms with Crippen LogP contribution in [0.15, 0.2) is 0 Å². The molecule has 0 radical (unpaired) electrons. The Balaban J connectivity index is 1.60. The Morgan fingerprint density at radius 3 is 1.79 bits per heavy atom. The Labute approximate surface area is 178 Å². The van der Waals surface area contributed by atoms with Gasteiger partial charge in [-0.25, -0.2) is 0 Å². The standard InChI is InChI=1S/C28H52/c1-3-5-9-12-24-17-20-25-13-10-7-6-8-11-14-27(22-28(25)21-24)26-18-15-23(4-2)16-19-26/h23-28H,3-22H2,1-2H3. The van der Waals surface area contributed by atoms with Gasteiger partial charge in [0.05, 0.1) is 0 Å². The predicted molar refractivity (Wildman–Crippen MR) is 125 cm³/mol. The first kappa shape index (κ1) is 22.7. The zero-order valence-corrected chi connectivity index (χ0v) is 19.6. The van der Waals surface area contributed by atoms with Crippen LogP contribution < -0.4 is 0 Å². The molecule has 3 fully saturated rings. The summed E-state index contributed by atoms with van der Waals surface area (Å²) in [5.41, 5.74) is 0. The van der Waals surface area contributed by atoms with Crippen LogP contribution in [0, 0.1) is 35.5 Å². The van der Waals surface area contributed by atoms with Crippen LogP contribution in [0.2, 0.25) is 0 Å². The molecule has 0 spiro atoms. The molecule has 0 heterocycles. The Morgan fingerprint density at radius 1 is 0.500 bits per heavy atom. The molecule has 3 aliphatic carbocycles. The minimum Gasteiger partial charge on any atom is -0.0654 e. The largest absolute Gasteiger partial charge is 0.0654 e. The summed E-state index contributed by atoms with van der Waals surface area (Å²) >= 11 is 0. The maximum atomic E-state index is 2.42. The molecule has 0 bridgehead atoms. The molecular weight excluding hydrogens is 336 g/mol. The number of unbranched alkanes of at least 4 members (excludes halogenated alkanes) is 2. The summed E-state index contributed by atoms with van der Waals surface area (Å²) in [5.74, 6) is 6.49. The van der Waals surface area contributed by atoms with E-state index in [-0.39, 0.29) is 0 Å². The number of rotatable bonds is 6. The van der Waals surface area contributed by atoms with Crippen LogP contribution in [-0.2, 0) is 0 Å². The van der Waals surface area contributed by atoms with Crippen molar-refractivity contribution < 1.29 is 0 Å². The zero-order chi connectivity index (χ0) is 19.6. The molecule has 3 saturated carbocycles. The van der Waals surface area contributed by atoms with Gasteiger partial charge in [-0.2, -0.15) is 0 Å². The molecule has 0 aliphatic heterocycles. The second-order valence-corrected chi connectivity index (χ2v) is 11.2. The van der Waals surface area contributed by atoms with Crippen LogP contribution in [0.1, 0.15) is 142 Å². The lowest BCUT2D eigenvalue weighted by Gasteiger charge is -2.41. The number of hydrogen-bond acceptors (Lipinski definition) is 0. The van der Waals surface area contributed by atoms with Crippen LogP contribution in [-0.4, -0.2) is 0 Å². The van der Waals surface area contributed by atoms with E-state index in [2.05, 4.69) is 13.8 Å². The molecule has 4 unspecified atom stereocenters. The summed E-state index contributed by atoms with van der Waals surface area (Å²) < 4.78 is 0. The molecule has 28 heavy (non-hydrogen) atoms. The minimum absolute atomic E-state index is 1.06. The van der Waals surface area contributed by atoms with E-state index >= 15 is 0 Å². The van der Waals surface area contributed by atoms with Crippen LogP contribution in [0.25, 0.3) is 0 Å². The normalized spacial score (nSPS) is 38.4. The molecule has 3 rings (SSSR count). The fourth-order valence-electron chi connectivity index (χ4n) is 7.38. The van der Waals surface area contributed by atoms with Gasteiger partial charge in [-0.05, 0) is 67.6 Å². The third kappa shape index (κ3) is 7.05. The van der Waals surface area contributed by atoms with Crippen LogP contribution in [0.5, 0.6) is 0 Å². The van der Waals surface area contributed by atoms with Crippen LogP contribution >= 0.6 is 0 Å². The van der Waals surface area contributed by atoms with Crippen molar-refractivity contribution in [1.82, 2.24) is 0 Å². The topological polar surface area (TPSA) is 0 Å². The lowest BCUT2D eigenvalue weighted by atomic mass is 9.64. The van der Waals surface area contributed by atoms with E-state index in [9.17, 15) is 0 Å². The number of fused-ring (bicyclic) bond motifs is 1. The monoisotopic (exact) mass is 388 g/mol. The Bertz CT molecular complexity index is 391. The van der Waals surface area contributed by atoms with Gasteiger partial charge in [-0.15, -0.1) is 0 Å². The molecule has 4 atom stereocenters. The van der Waals surface area contributed by atoms with Gasteiger partial charge in [0.25, 0.3) is 0 Å². The maximum absolute atomic E-state index is 2.42. The zero-order valence-electron chi connectivity index (χ0n) is 19.6. The molecule has 3 aliphatic rings. The second-order valence-electron chi connectivity index (χ2n) is 11.2.